The van der Waals surface area contributed by atoms with Crippen LogP contribution in [0, 0.1) is 11.3 Å². The highest BCUT2D eigenvalue weighted by molar-refractivity contribution is 6.10. The molecular weight excluding hydrogens is 436 g/mol. The molecule has 11 nitrogen and oxygen atoms in total. The van der Waals surface area contributed by atoms with Crippen molar-refractivity contribution in [1.29, 1.82) is 5.26 Å². The number of nitrogens with zero attached hydrogens (tertiary/aromatic N) is 6. The maximum absolute atomic E-state index is 12.1. The van der Waals surface area contributed by atoms with Crippen molar-refractivity contribution >= 4 is 29.6 Å². The first-order valence-corrected chi connectivity index (χ1v) is 10.5. The lowest BCUT2D eigenvalue weighted by molar-refractivity contribution is -0.119. The van der Waals surface area contributed by atoms with E-state index in [0.717, 1.165) is 24.5 Å². The van der Waals surface area contributed by atoms with Crippen LogP contribution < -0.4 is 20.6 Å². The van der Waals surface area contributed by atoms with Crippen molar-refractivity contribution in [2.45, 2.75) is 0 Å². The normalized spacial score (nSPS) is 17.0. The number of carbonyl (C=O) groups is 1. The summed E-state index contributed by atoms with van der Waals surface area (Å²) in [6.07, 6.45) is 1.39. The summed E-state index contributed by atoms with van der Waals surface area (Å²) in [4.78, 5) is 33.3. The number of anilines is 1. The highest BCUT2D eigenvalue weighted by atomic mass is 16.7. The minimum atomic E-state index is -0.320. The molecule has 0 radical (unpaired) electrons. The van der Waals surface area contributed by atoms with Crippen molar-refractivity contribution in [2.75, 3.05) is 32.4 Å². The zero-order valence-electron chi connectivity index (χ0n) is 18.2. The van der Waals surface area contributed by atoms with Gasteiger partial charge in [-0.25, -0.2) is 0 Å². The van der Waals surface area contributed by atoms with E-state index in [9.17, 15) is 4.79 Å². The predicted octanol–water partition coefficient (Wildman–Crippen LogP) is 1.25. The first kappa shape index (κ1) is 21.0. The number of hydrogen-bond acceptors (Lipinski definition) is 10. The molecule has 0 aliphatic carbocycles. The summed E-state index contributed by atoms with van der Waals surface area (Å²) in [5, 5.41) is 13.3. The van der Waals surface area contributed by atoms with Gasteiger partial charge in [0.25, 0.3) is 0 Å². The highest BCUT2D eigenvalue weighted by Crippen LogP contribution is 2.28. The van der Waals surface area contributed by atoms with Gasteiger partial charge in [0.05, 0.1) is 23.9 Å². The number of hydrogen-bond donors (Lipinski definition) is 2. The third-order valence-electron chi connectivity index (χ3n) is 5.27. The second kappa shape index (κ2) is 8.59. The number of amides is 1. The molecule has 0 bridgehead atoms. The van der Waals surface area contributed by atoms with Gasteiger partial charge in [-0.1, -0.05) is 12.1 Å². The summed E-state index contributed by atoms with van der Waals surface area (Å²) in [7, 11) is 1.99. The molecule has 0 spiro atoms. The van der Waals surface area contributed by atoms with E-state index >= 15 is 0 Å². The Kier molecular flexibility index (Phi) is 5.31. The molecule has 0 atom stereocenters. The van der Waals surface area contributed by atoms with Gasteiger partial charge < -0.3 is 25.5 Å². The maximum atomic E-state index is 12.1. The average molecular weight is 456 g/mol. The van der Waals surface area contributed by atoms with Crippen molar-refractivity contribution in [2.24, 2.45) is 15.0 Å². The molecule has 5 rings (SSSR count). The van der Waals surface area contributed by atoms with Crippen LogP contribution in [0.15, 0.2) is 69.0 Å². The Bertz CT molecular complexity index is 1340. The van der Waals surface area contributed by atoms with Crippen LogP contribution in [-0.4, -0.2) is 60.6 Å². The summed E-state index contributed by atoms with van der Waals surface area (Å²) in [5.74, 6) is 1.75. The minimum absolute atomic E-state index is 0.0733. The number of aliphatic imine (C=N–C) groups is 3. The Hall–Kier alpha value is -4.85. The van der Waals surface area contributed by atoms with E-state index in [4.69, 9.17) is 20.6 Å². The molecule has 0 saturated carbocycles. The van der Waals surface area contributed by atoms with Gasteiger partial charge in [-0.05, 0) is 24.3 Å². The van der Waals surface area contributed by atoms with E-state index in [2.05, 4.69) is 25.2 Å². The summed E-state index contributed by atoms with van der Waals surface area (Å²) < 4.78 is 5.85. The number of likely N-dealkylation sites (N-methyl/N-ethyl adjacent to an activating group) is 1. The van der Waals surface area contributed by atoms with Crippen LogP contribution in [0.2, 0.25) is 0 Å². The van der Waals surface area contributed by atoms with E-state index < -0.39 is 0 Å². The van der Waals surface area contributed by atoms with Crippen LogP contribution in [-0.2, 0) is 4.79 Å². The van der Waals surface area contributed by atoms with Gasteiger partial charge in [0.2, 0.25) is 11.8 Å². The number of ether oxygens (including phenoxy) is 1. The number of nitrogens with one attached hydrogen (secondary N) is 1. The van der Waals surface area contributed by atoms with Crippen LogP contribution in [0.25, 0.3) is 0 Å². The molecule has 0 saturated heterocycles. The lowest BCUT2D eigenvalue weighted by Crippen LogP contribution is -2.47. The quantitative estimate of drug-likeness (QED) is 0.645. The SMILES string of the molecule is CN1CCN=C1c1cccc(ON2C=NC(Oc3cc(C#N)ccc3N)=C3NC(=O)CN=C32)c1. The number of hydroxylamine groups is 2. The zero-order chi connectivity index (χ0) is 23.7. The Morgan fingerprint density at radius 2 is 2.06 bits per heavy atom. The maximum Gasteiger partial charge on any atom is 0.249 e. The largest absolute Gasteiger partial charge is 0.435 e. The van der Waals surface area contributed by atoms with E-state index in [1.807, 2.05) is 31.3 Å². The number of benzene rings is 2. The topological polar surface area (TPSA) is 141 Å². The Morgan fingerprint density at radius 3 is 2.85 bits per heavy atom. The second-order valence-electron chi connectivity index (χ2n) is 7.65. The van der Waals surface area contributed by atoms with E-state index in [-0.39, 0.29) is 29.8 Å². The molecule has 3 N–H and O–H groups in total. The van der Waals surface area contributed by atoms with Crippen molar-refractivity contribution in [3.05, 3.63) is 65.2 Å². The molecule has 3 heterocycles. The second-order valence-corrected chi connectivity index (χ2v) is 7.65. The monoisotopic (exact) mass is 456 g/mol. The van der Waals surface area contributed by atoms with Crippen LogP contribution in [0.5, 0.6) is 11.5 Å². The molecule has 34 heavy (non-hydrogen) atoms. The first-order valence-electron chi connectivity index (χ1n) is 10.5. The number of carbonyl (C=O) groups excluding carboxylic acids is 1. The van der Waals surface area contributed by atoms with Crippen molar-refractivity contribution in [1.82, 2.24) is 15.3 Å². The summed E-state index contributed by atoms with van der Waals surface area (Å²) in [5.41, 5.74) is 7.84. The summed E-state index contributed by atoms with van der Waals surface area (Å²) in [6.45, 7) is 1.55. The zero-order valence-corrected chi connectivity index (χ0v) is 18.2. The third kappa shape index (κ3) is 4.00. The molecular formula is C23H20N8O3. The average Bonchev–Trinajstić information content (AvgIpc) is 3.28. The molecule has 3 aliphatic heterocycles. The van der Waals surface area contributed by atoms with Crippen molar-refractivity contribution in [3.63, 3.8) is 0 Å². The van der Waals surface area contributed by atoms with Gasteiger partial charge in [-0.15, -0.1) is 5.06 Å². The smallest absolute Gasteiger partial charge is 0.249 e. The van der Waals surface area contributed by atoms with Crippen LogP contribution >= 0.6 is 0 Å². The lowest BCUT2D eigenvalue weighted by Gasteiger charge is -2.29. The van der Waals surface area contributed by atoms with Crippen LogP contribution in [0.3, 0.4) is 0 Å². The van der Waals surface area contributed by atoms with E-state index in [0.29, 0.717) is 22.8 Å². The fourth-order valence-corrected chi connectivity index (χ4v) is 3.60. The highest BCUT2D eigenvalue weighted by Gasteiger charge is 2.31. The number of nitrogens with two attached hydrogens (primary N) is 1. The van der Waals surface area contributed by atoms with Gasteiger partial charge >= 0.3 is 0 Å². The van der Waals surface area contributed by atoms with Gasteiger partial charge in [-0.3, -0.25) is 14.8 Å². The molecule has 2 aromatic rings. The molecule has 170 valence electrons. The Morgan fingerprint density at radius 1 is 1.18 bits per heavy atom. The fraction of sp³-hybridized carbons (Fsp3) is 0.174. The number of nitriles is 1. The third-order valence-corrected chi connectivity index (χ3v) is 5.27. The van der Waals surface area contributed by atoms with Gasteiger partial charge in [0, 0.05) is 25.2 Å². The minimum Gasteiger partial charge on any atom is -0.435 e. The molecule has 0 aromatic heterocycles. The molecule has 0 fully saturated rings. The van der Waals surface area contributed by atoms with E-state index in [1.54, 1.807) is 18.2 Å². The number of fused-ring (bicyclic) bond motifs is 1. The van der Waals surface area contributed by atoms with Crippen LogP contribution in [0.1, 0.15) is 11.1 Å². The molecule has 1 amide bonds. The molecule has 2 aromatic carbocycles. The lowest BCUT2D eigenvalue weighted by atomic mass is 10.2. The number of amidine groups is 2. The predicted molar refractivity (Wildman–Crippen MR) is 125 cm³/mol. The number of rotatable bonds is 5. The first-order chi connectivity index (χ1) is 16.5. The Labute approximate surface area is 195 Å². The fourth-order valence-electron chi connectivity index (χ4n) is 3.60. The van der Waals surface area contributed by atoms with Crippen molar-refractivity contribution < 1.29 is 14.4 Å². The molecule has 0 unspecified atom stereocenters. The van der Waals surface area contributed by atoms with Crippen LogP contribution in [0.4, 0.5) is 5.69 Å². The van der Waals surface area contributed by atoms with E-state index in [1.165, 1.54) is 17.5 Å². The number of nitrogen functional groups attached to an aromatic ring is 1. The summed E-state index contributed by atoms with van der Waals surface area (Å²) in [6, 6.07) is 14.2. The van der Waals surface area contributed by atoms with Gasteiger partial charge in [-0.2, -0.15) is 10.3 Å². The summed E-state index contributed by atoms with van der Waals surface area (Å²) >= 11 is 0. The standard InChI is InChI=1S/C23H20N8O3/c1-30-8-7-26-21(30)15-3-2-4-16(10-15)34-31-13-28-23(20-22(31)27-12-19(32)29-20)33-18-9-14(11-24)5-6-17(18)25/h2-6,9-10,13H,7-8,12,25H2,1H3,(H,29,32). The van der Waals surface area contributed by atoms with Gasteiger partial charge in [0.1, 0.15) is 18.7 Å². The van der Waals surface area contributed by atoms with Crippen molar-refractivity contribution in [3.8, 4) is 17.6 Å². The van der Waals surface area contributed by atoms with Gasteiger partial charge in [0.15, 0.2) is 23.0 Å². The molecule has 3 aliphatic rings. The molecule has 11 heteroatoms. The Balaban J connectivity index is 1.42.